The third-order valence-electron chi connectivity index (χ3n) is 3.66. The van der Waals surface area contributed by atoms with E-state index >= 15 is 0 Å². The largest absolute Gasteiger partial charge is 0.292 e. The zero-order valence-electron chi connectivity index (χ0n) is 12.4. The Morgan fingerprint density at radius 3 is 2.78 bits per heavy atom. The summed E-state index contributed by atoms with van der Waals surface area (Å²) in [5.41, 5.74) is 3.11. The molecule has 0 amide bonds. The third kappa shape index (κ3) is 2.19. The predicted molar refractivity (Wildman–Crippen MR) is 95.5 cm³/mol. The lowest BCUT2D eigenvalue weighted by molar-refractivity contribution is 0.738. The summed E-state index contributed by atoms with van der Waals surface area (Å²) in [6.07, 6.45) is 0. The summed E-state index contributed by atoms with van der Waals surface area (Å²) < 4.78 is 2.69. The molecule has 23 heavy (non-hydrogen) atoms. The van der Waals surface area contributed by atoms with E-state index in [1.165, 1.54) is 16.0 Å². The zero-order valence-corrected chi connectivity index (χ0v) is 14.8. The van der Waals surface area contributed by atoms with Crippen LogP contribution in [-0.2, 0) is 0 Å². The van der Waals surface area contributed by atoms with Crippen LogP contribution in [0.5, 0.6) is 0 Å². The van der Waals surface area contributed by atoms with Crippen molar-refractivity contribution in [3.63, 3.8) is 0 Å². The van der Waals surface area contributed by atoms with Gasteiger partial charge in [-0.05, 0) is 53.5 Å². The number of halogens is 1. The first-order valence-corrected chi connectivity index (χ1v) is 8.58. The Morgan fingerprint density at radius 2 is 2.00 bits per heavy atom. The van der Waals surface area contributed by atoms with Crippen molar-refractivity contribution >= 4 is 47.7 Å². The number of fused-ring (bicyclic) bond motifs is 3. The van der Waals surface area contributed by atoms with E-state index in [1.54, 1.807) is 0 Å². The van der Waals surface area contributed by atoms with E-state index in [0.29, 0.717) is 15.9 Å². The zero-order chi connectivity index (χ0) is 16.1. The van der Waals surface area contributed by atoms with Gasteiger partial charge in [0.25, 0.3) is 5.56 Å². The molecule has 0 saturated carbocycles. The number of hydrogen-bond donors (Lipinski definition) is 0. The van der Waals surface area contributed by atoms with Gasteiger partial charge in [-0.1, -0.05) is 17.3 Å². The summed E-state index contributed by atoms with van der Waals surface area (Å²) >= 11 is 4.82. The summed E-state index contributed by atoms with van der Waals surface area (Å²) in [5.74, 6) is 0. The second-order valence-electron chi connectivity index (χ2n) is 5.30. The molecular weight excluding hydrogens is 376 g/mol. The fourth-order valence-electron chi connectivity index (χ4n) is 2.67. The second-order valence-corrected chi connectivity index (χ2v) is 7.15. The van der Waals surface area contributed by atoms with Crippen molar-refractivity contribution < 1.29 is 0 Å². The molecule has 1 aromatic carbocycles. The molecule has 0 unspecified atom stereocenters. The molecule has 7 heteroatoms. The van der Waals surface area contributed by atoms with E-state index in [4.69, 9.17) is 0 Å². The molecular formula is C16H11BrN4OS. The number of rotatable bonds is 1. The fourth-order valence-corrected chi connectivity index (χ4v) is 4.28. The monoisotopic (exact) mass is 386 g/mol. The molecule has 0 saturated heterocycles. The van der Waals surface area contributed by atoms with E-state index in [2.05, 4.69) is 31.2 Å². The van der Waals surface area contributed by atoms with Gasteiger partial charge in [-0.3, -0.25) is 4.79 Å². The predicted octanol–water partition coefficient (Wildman–Crippen LogP) is 3.77. The quantitative estimate of drug-likeness (QED) is 0.499. The van der Waals surface area contributed by atoms with Gasteiger partial charge in [0.05, 0.1) is 5.69 Å². The summed E-state index contributed by atoms with van der Waals surface area (Å²) in [4.78, 5) is 18.2. The van der Waals surface area contributed by atoms with E-state index in [9.17, 15) is 4.79 Å². The molecule has 3 aromatic heterocycles. The number of aromatic nitrogens is 4. The summed E-state index contributed by atoms with van der Waals surface area (Å²) in [5, 5.41) is 9.34. The SMILES string of the molecule is Cc1cc(C)c2c(n1)sc1c(=O)n(-c3ccccc3Br)nnc12. The minimum Gasteiger partial charge on any atom is -0.266 e. The van der Waals surface area contributed by atoms with Crippen LogP contribution < -0.4 is 5.56 Å². The Kier molecular flexibility index (Phi) is 3.28. The first kappa shape index (κ1) is 14.5. The lowest BCUT2D eigenvalue weighted by atomic mass is 10.1. The van der Waals surface area contributed by atoms with Crippen LogP contribution in [0.3, 0.4) is 0 Å². The van der Waals surface area contributed by atoms with Gasteiger partial charge in [0.2, 0.25) is 0 Å². The van der Waals surface area contributed by atoms with Crippen LogP contribution in [0.25, 0.3) is 26.1 Å². The highest BCUT2D eigenvalue weighted by molar-refractivity contribution is 9.10. The second kappa shape index (κ2) is 5.21. The van der Waals surface area contributed by atoms with Crippen molar-refractivity contribution in [1.29, 1.82) is 0 Å². The van der Waals surface area contributed by atoms with Gasteiger partial charge in [0.1, 0.15) is 15.0 Å². The molecule has 0 N–H and O–H groups in total. The van der Waals surface area contributed by atoms with E-state index in [0.717, 1.165) is 25.9 Å². The molecule has 114 valence electrons. The molecule has 4 aromatic rings. The van der Waals surface area contributed by atoms with Gasteiger partial charge >= 0.3 is 0 Å². The molecule has 0 spiro atoms. The number of benzene rings is 1. The molecule has 0 atom stereocenters. The summed E-state index contributed by atoms with van der Waals surface area (Å²) in [6, 6.07) is 9.44. The van der Waals surface area contributed by atoms with Crippen molar-refractivity contribution in [2.45, 2.75) is 13.8 Å². The fraction of sp³-hybridized carbons (Fsp3) is 0.125. The van der Waals surface area contributed by atoms with E-state index < -0.39 is 0 Å². The van der Waals surface area contributed by atoms with Crippen LogP contribution in [0, 0.1) is 13.8 Å². The van der Waals surface area contributed by atoms with Crippen molar-refractivity contribution in [3.8, 4) is 5.69 Å². The van der Waals surface area contributed by atoms with Crippen LogP contribution in [0.1, 0.15) is 11.3 Å². The maximum absolute atomic E-state index is 12.9. The molecule has 5 nitrogen and oxygen atoms in total. The van der Waals surface area contributed by atoms with Crippen LogP contribution in [0.15, 0.2) is 39.6 Å². The highest BCUT2D eigenvalue weighted by Crippen LogP contribution is 2.31. The number of aryl methyl sites for hydroxylation is 2. The van der Waals surface area contributed by atoms with Gasteiger partial charge in [-0.15, -0.1) is 16.4 Å². The molecule has 3 heterocycles. The molecule has 0 aliphatic carbocycles. The lowest BCUT2D eigenvalue weighted by Gasteiger charge is -2.05. The highest BCUT2D eigenvalue weighted by Gasteiger charge is 2.17. The van der Waals surface area contributed by atoms with Crippen molar-refractivity contribution in [2.24, 2.45) is 0 Å². The normalized spacial score (nSPS) is 11.4. The summed E-state index contributed by atoms with van der Waals surface area (Å²) in [7, 11) is 0. The Labute approximate surface area is 143 Å². The Balaban J connectivity index is 2.11. The standard InChI is InChI=1S/C16H11BrN4OS/c1-8-7-9(2)18-15-12(8)13-14(23-15)16(22)21(20-19-13)11-6-4-3-5-10(11)17/h3-7H,1-2H3. The number of nitrogens with zero attached hydrogens (tertiary/aromatic N) is 4. The maximum atomic E-state index is 12.9. The molecule has 4 rings (SSSR count). The van der Waals surface area contributed by atoms with Gasteiger partial charge < -0.3 is 0 Å². The van der Waals surface area contributed by atoms with E-state index in [1.807, 2.05) is 44.2 Å². The van der Waals surface area contributed by atoms with Gasteiger partial charge in [0, 0.05) is 15.6 Å². The maximum Gasteiger partial charge on any atom is 0.292 e. The smallest absolute Gasteiger partial charge is 0.266 e. The van der Waals surface area contributed by atoms with Crippen LogP contribution in [0.4, 0.5) is 0 Å². The van der Waals surface area contributed by atoms with Gasteiger partial charge in [0.15, 0.2) is 0 Å². The number of thiophene rings is 1. The van der Waals surface area contributed by atoms with Crippen LogP contribution in [0.2, 0.25) is 0 Å². The van der Waals surface area contributed by atoms with Crippen molar-refractivity contribution in [2.75, 3.05) is 0 Å². The topological polar surface area (TPSA) is 60.7 Å². The molecule has 0 aliphatic rings. The minimum absolute atomic E-state index is 0.179. The van der Waals surface area contributed by atoms with Crippen LogP contribution >= 0.6 is 27.3 Å². The first-order valence-electron chi connectivity index (χ1n) is 6.97. The molecule has 0 radical (unpaired) electrons. The highest BCUT2D eigenvalue weighted by atomic mass is 79.9. The Bertz CT molecular complexity index is 1130. The van der Waals surface area contributed by atoms with Gasteiger partial charge in [-0.25, -0.2) is 4.98 Å². The van der Waals surface area contributed by atoms with Crippen molar-refractivity contribution in [3.05, 3.63) is 56.4 Å². The summed E-state index contributed by atoms with van der Waals surface area (Å²) in [6.45, 7) is 3.95. The average Bonchev–Trinajstić information content (AvgIpc) is 2.88. The number of para-hydroxylation sites is 1. The van der Waals surface area contributed by atoms with E-state index in [-0.39, 0.29) is 5.56 Å². The Morgan fingerprint density at radius 1 is 1.22 bits per heavy atom. The average molecular weight is 387 g/mol. The van der Waals surface area contributed by atoms with Crippen LogP contribution in [-0.4, -0.2) is 20.0 Å². The molecule has 0 fully saturated rings. The minimum atomic E-state index is -0.179. The molecule has 0 bridgehead atoms. The molecule has 0 aliphatic heterocycles. The van der Waals surface area contributed by atoms with Crippen molar-refractivity contribution in [1.82, 2.24) is 20.0 Å². The number of hydrogen-bond acceptors (Lipinski definition) is 5. The number of pyridine rings is 1. The Hall–Kier alpha value is -2.12. The lowest BCUT2D eigenvalue weighted by Crippen LogP contribution is -2.22. The van der Waals surface area contributed by atoms with Gasteiger partial charge in [-0.2, -0.15) is 4.68 Å². The third-order valence-corrected chi connectivity index (χ3v) is 5.39. The first-order chi connectivity index (χ1) is 11.1.